The third-order valence-electron chi connectivity index (χ3n) is 6.59. The highest BCUT2D eigenvalue weighted by Gasteiger charge is 2.34. The summed E-state index contributed by atoms with van der Waals surface area (Å²) in [6.07, 6.45) is 1.65. The minimum atomic E-state index is -0.351. The number of hydrogen-bond acceptors (Lipinski definition) is 6. The molecule has 2 aliphatic rings. The second-order valence-corrected chi connectivity index (χ2v) is 9.05. The number of nitrogens with zero attached hydrogens (tertiary/aromatic N) is 5. The number of benzene rings is 2. The van der Waals surface area contributed by atoms with Gasteiger partial charge < -0.3 is 14.5 Å². The average Bonchev–Trinajstić information content (AvgIpc) is 2.92. The molecule has 1 unspecified atom stereocenters. The van der Waals surface area contributed by atoms with Gasteiger partial charge in [0, 0.05) is 39.3 Å². The van der Waals surface area contributed by atoms with Crippen LogP contribution in [-0.2, 0) is 9.53 Å². The molecule has 0 spiro atoms. The fourth-order valence-electron chi connectivity index (χ4n) is 4.72. The minimum absolute atomic E-state index is 0.109. The van der Waals surface area contributed by atoms with Gasteiger partial charge in [-0.05, 0) is 17.7 Å². The smallest absolute Gasteiger partial charge is 0.292 e. The molecule has 2 fully saturated rings. The van der Waals surface area contributed by atoms with Crippen molar-refractivity contribution in [3.8, 4) is 5.69 Å². The number of rotatable bonds is 5. The molecule has 8 nitrogen and oxygen atoms in total. The van der Waals surface area contributed by atoms with Crippen LogP contribution in [0.15, 0.2) is 71.7 Å². The first-order valence-electron chi connectivity index (χ1n) is 11.9. The van der Waals surface area contributed by atoms with Crippen LogP contribution in [0.4, 0.5) is 5.69 Å². The maximum atomic E-state index is 13.6. The molecule has 0 N–H and O–H groups in total. The van der Waals surface area contributed by atoms with Crippen molar-refractivity contribution in [2.75, 3.05) is 57.4 Å². The van der Waals surface area contributed by atoms with Crippen LogP contribution in [0.2, 0.25) is 5.02 Å². The van der Waals surface area contributed by atoms with Gasteiger partial charge in [-0.1, -0.05) is 60.1 Å². The quantitative estimate of drug-likeness (QED) is 0.544. The lowest BCUT2D eigenvalue weighted by Gasteiger charge is -2.41. The van der Waals surface area contributed by atoms with Gasteiger partial charge in [0.2, 0.25) is 5.91 Å². The second-order valence-electron chi connectivity index (χ2n) is 8.67. The van der Waals surface area contributed by atoms with Crippen LogP contribution >= 0.6 is 11.6 Å². The summed E-state index contributed by atoms with van der Waals surface area (Å²) in [5.74, 6) is 0.109. The number of morpholine rings is 1. The highest BCUT2D eigenvalue weighted by atomic mass is 35.5. The number of piperazine rings is 1. The Balaban J connectivity index is 1.34. The summed E-state index contributed by atoms with van der Waals surface area (Å²) in [5.41, 5.74) is 1.94. The van der Waals surface area contributed by atoms with E-state index in [9.17, 15) is 9.59 Å². The third-order valence-corrected chi connectivity index (χ3v) is 6.95. The molecule has 2 aromatic carbocycles. The molecule has 1 amide bonds. The number of carbonyl (C=O) groups is 1. The van der Waals surface area contributed by atoms with Crippen molar-refractivity contribution in [1.82, 2.24) is 19.6 Å². The molecule has 1 atom stereocenters. The first-order valence-corrected chi connectivity index (χ1v) is 12.2. The van der Waals surface area contributed by atoms with E-state index in [1.807, 2.05) is 65.6 Å². The zero-order valence-corrected chi connectivity index (χ0v) is 20.2. The molecule has 3 heterocycles. The number of halogens is 1. The Hall–Kier alpha value is -3.20. The Bertz CT molecular complexity index is 1210. The predicted octanol–water partition coefficient (Wildman–Crippen LogP) is 2.61. The maximum absolute atomic E-state index is 13.6. The molecular formula is C26H28ClN5O3. The van der Waals surface area contributed by atoms with Gasteiger partial charge in [-0.25, -0.2) is 0 Å². The highest BCUT2D eigenvalue weighted by Crippen LogP contribution is 2.28. The normalized spacial score (nSPS) is 17.9. The fraction of sp³-hybridized carbons (Fsp3) is 0.346. The zero-order valence-electron chi connectivity index (χ0n) is 19.4. The summed E-state index contributed by atoms with van der Waals surface area (Å²) in [5, 5.41) is 4.52. The molecule has 0 bridgehead atoms. The largest absolute Gasteiger partial charge is 0.378 e. The molecule has 35 heavy (non-hydrogen) atoms. The molecular weight excluding hydrogens is 466 g/mol. The Labute approximate surface area is 209 Å². The molecule has 5 rings (SSSR count). The van der Waals surface area contributed by atoms with E-state index in [0.29, 0.717) is 63.9 Å². The molecule has 2 aliphatic heterocycles. The first kappa shape index (κ1) is 23.5. The van der Waals surface area contributed by atoms with E-state index >= 15 is 0 Å². The second kappa shape index (κ2) is 10.6. The Morgan fingerprint density at radius 2 is 1.51 bits per heavy atom. The van der Waals surface area contributed by atoms with Gasteiger partial charge in [-0.2, -0.15) is 9.78 Å². The molecule has 1 aromatic heterocycles. The summed E-state index contributed by atoms with van der Waals surface area (Å²) in [6, 6.07) is 18.8. The van der Waals surface area contributed by atoms with E-state index in [-0.39, 0.29) is 22.5 Å². The number of hydrogen-bond donors (Lipinski definition) is 0. The van der Waals surface area contributed by atoms with Gasteiger partial charge in [0.1, 0.15) is 11.1 Å². The number of aromatic nitrogens is 2. The van der Waals surface area contributed by atoms with Crippen LogP contribution in [0.1, 0.15) is 11.6 Å². The minimum Gasteiger partial charge on any atom is -0.378 e. The standard InChI is InChI=1S/C26H28ClN5O3/c27-23-22(19-28-32(25(23)33)21-9-5-2-6-10-21)29-11-13-30(14-12-29)24(20-7-3-1-4-8-20)26(34)31-15-17-35-18-16-31/h1-10,19,24H,11-18H2. The van der Waals surface area contributed by atoms with Crippen LogP contribution < -0.4 is 10.5 Å². The van der Waals surface area contributed by atoms with E-state index in [2.05, 4.69) is 14.9 Å². The maximum Gasteiger partial charge on any atom is 0.292 e. The van der Waals surface area contributed by atoms with Crippen LogP contribution in [0, 0.1) is 0 Å². The summed E-state index contributed by atoms with van der Waals surface area (Å²) in [7, 11) is 0. The Morgan fingerprint density at radius 1 is 0.886 bits per heavy atom. The summed E-state index contributed by atoms with van der Waals surface area (Å²) in [4.78, 5) is 32.7. The van der Waals surface area contributed by atoms with Crippen molar-refractivity contribution < 1.29 is 9.53 Å². The van der Waals surface area contributed by atoms with Crippen molar-refractivity contribution in [2.45, 2.75) is 6.04 Å². The molecule has 0 aliphatic carbocycles. The van der Waals surface area contributed by atoms with Gasteiger partial charge in [-0.15, -0.1) is 0 Å². The molecule has 3 aromatic rings. The van der Waals surface area contributed by atoms with E-state index in [1.54, 1.807) is 6.20 Å². The summed E-state index contributed by atoms with van der Waals surface area (Å²) in [6.45, 7) is 4.96. The highest BCUT2D eigenvalue weighted by molar-refractivity contribution is 6.33. The number of carbonyl (C=O) groups excluding carboxylic acids is 1. The van der Waals surface area contributed by atoms with E-state index in [1.165, 1.54) is 4.68 Å². The molecule has 2 saturated heterocycles. The zero-order chi connectivity index (χ0) is 24.2. The van der Waals surface area contributed by atoms with Crippen molar-refractivity contribution in [3.63, 3.8) is 0 Å². The van der Waals surface area contributed by atoms with Crippen molar-refractivity contribution >= 4 is 23.2 Å². The van der Waals surface area contributed by atoms with Gasteiger partial charge in [0.25, 0.3) is 5.56 Å². The summed E-state index contributed by atoms with van der Waals surface area (Å²) < 4.78 is 6.76. The SMILES string of the molecule is O=C(C(c1ccccc1)N1CCN(c2cnn(-c3ccccc3)c(=O)c2Cl)CC1)N1CCOCC1. The third kappa shape index (κ3) is 4.96. The molecule has 182 valence electrons. The number of amides is 1. The first-order chi connectivity index (χ1) is 17.1. The summed E-state index contributed by atoms with van der Waals surface area (Å²) >= 11 is 6.53. The van der Waals surface area contributed by atoms with Gasteiger partial charge >= 0.3 is 0 Å². The van der Waals surface area contributed by atoms with Gasteiger partial charge in [0.15, 0.2) is 0 Å². The Kier molecular flexibility index (Phi) is 7.13. The van der Waals surface area contributed by atoms with E-state index in [4.69, 9.17) is 16.3 Å². The topological polar surface area (TPSA) is 70.9 Å². The van der Waals surface area contributed by atoms with Crippen molar-refractivity contribution in [3.05, 3.63) is 87.8 Å². The number of anilines is 1. The Morgan fingerprint density at radius 3 is 2.17 bits per heavy atom. The molecule has 0 saturated carbocycles. The average molecular weight is 494 g/mol. The fourth-order valence-corrected chi connectivity index (χ4v) is 4.97. The van der Waals surface area contributed by atoms with Gasteiger partial charge in [-0.3, -0.25) is 14.5 Å². The lowest BCUT2D eigenvalue weighted by molar-refractivity contribution is -0.141. The molecule has 9 heteroatoms. The van der Waals surface area contributed by atoms with Crippen molar-refractivity contribution in [2.24, 2.45) is 0 Å². The molecule has 0 radical (unpaired) electrons. The van der Waals surface area contributed by atoms with E-state index < -0.39 is 0 Å². The van der Waals surface area contributed by atoms with Crippen molar-refractivity contribution in [1.29, 1.82) is 0 Å². The lowest BCUT2D eigenvalue weighted by Crippen LogP contribution is -2.53. The van der Waals surface area contributed by atoms with Crippen LogP contribution in [0.25, 0.3) is 5.69 Å². The van der Waals surface area contributed by atoms with Crippen LogP contribution in [-0.4, -0.2) is 78.0 Å². The van der Waals surface area contributed by atoms with Crippen LogP contribution in [0.3, 0.4) is 0 Å². The lowest BCUT2D eigenvalue weighted by atomic mass is 10.0. The van der Waals surface area contributed by atoms with Gasteiger partial charge in [0.05, 0.1) is 30.8 Å². The number of ether oxygens (including phenoxy) is 1. The van der Waals surface area contributed by atoms with E-state index in [0.717, 1.165) is 5.56 Å². The monoisotopic (exact) mass is 493 g/mol. The van der Waals surface area contributed by atoms with Crippen LogP contribution in [0.5, 0.6) is 0 Å². The predicted molar refractivity (Wildman–Crippen MR) is 135 cm³/mol. The number of para-hydroxylation sites is 1.